The molecule has 0 aliphatic heterocycles. The van der Waals surface area contributed by atoms with Crippen molar-refractivity contribution in [2.45, 2.75) is 41.5 Å². The molecule has 1 rings (SSSR count). The van der Waals surface area contributed by atoms with E-state index in [0.717, 1.165) is 17.8 Å². The fourth-order valence-corrected chi connectivity index (χ4v) is 1.78. The lowest BCUT2D eigenvalue weighted by molar-refractivity contribution is 0.557. The van der Waals surface area contributed by atoms with Crippen LogP contribution in [-0.4, -0.2) is 21.4 Å². The number of aromatic nitrogens is 2. The van der Waals surface area contributed by atoms with Gasteiger partial charge in [0.1, 0.15) is 5.83 Å². The smallest absolute Gasteiger partial charge is 0.220 e. The van der Waals surface area contributed by atoms with E-state index in [1.54, 1.807) is 24.5 Å². The lowest BCUT2D eigenvalue weighted by Gasteiger charge is -2.22. The lowest BCUT2D eigenvalue weighted by Crippen LogP contribution is -2.19. The molecule has 150 valence electrons. The molecule has 0 aliphatic rings. The molecule has 27 heavy (non-hydrogen) atoms. The summed E-state index contributed by atoms with van der Waals surface area (Å²) >= 11 is 0. The van der Waals surface area contributed by atoms with E-state index in [1.807, 2.05) is 52.5 Å². The van der Waals surface area contributed by atoms with Gasteiger partial charge in [-0.25, -0.2) is 14.4 Å². The molecule has 0 fully saturated rings. The number of rotatable bonds is 6. The Hall–Kier alpha value is -2.89. The number of nitrogens with two attached hydrogens (primary N) is 2. The van der Waals surface area contributed by atoms with Crippen LogP contribution in [0.2, 0.25) is 0 Å². The summed E-state index contributed by atoms with van der Waals surface area (Å²) in [6.07, 6.45) is 8.25. The third-order valence-electron chi connectivity index (χ3n) is 3.12. The Labute approximate surface area is 163 Å². The molecule has 0 saturated carbocycles. The van der Waals surface area contributed by atoms with Crippen molar-refractivity contribution < 1.29 is 4.39 Å². The monoisotopic (exact) mass is 375 g/mol. The van der Waals surface area contributed by atoms with E-state index in [2.05, 4.69) is 23.1 Å². The van der Waals surface area contributed by atoms with Crippen LogP contribution >= 0.6 is 0 Å². The minimum atomic E-state index is -0.406. The predicted octanol–water partition coefficient (Wildman–Crippen LogP) is 5.19. The maximum Gasteiger partial charge on any atom is 0.220 e. The SMILES string of the molecule is C=C(F)/C=C\C(C)=C/C.C=CN(CC)/C(=C(/C)N)c1ccnc(N)n1.CC. The van der Waals surface area contributed by atoms with Gasteiger partial charge in [0.15, 0.2) is 0 Å². The Morgan fingerprint density at radius 1 is 1.30 bits per heavy atom. The minimum absolute atomic E-state index is 0.233. The van der Waals surface area contributed by atoms with E-state index >= 15 is 0 Å². The first-order valence-corrected chi connectivity index (χ1v) is 8.86. The molecule has 5 nitrogen and oxygen atoms in total. The van der Waals surface area contributed by atoms with E-state index in [4.69, 9.17) is 11.5 Å². The fourth-order valence-electron chi connectivity index (χ4n) is 1.78. The molecular formula is C21H34FN5. The van der Waals surface area contributed by atoms with Crippen molar-refractivity contribution in [3.63, 3.8) is 0 Å². The first-order valence-electron chi connectivity index (χ1n) is 8.86. The van der Waals surface area contributed by atoms with Crippen molar-refractivity contribution in [2.75, 3.05) is 12.3 Å². The molecule has 0 unspecified atom stereocenters. The maximum absolute atomic E-state index is 11.9. The highest BCUT2D eigenvalue weighted by Crippen LogP contribution is 2.19. The topological polar surface area (TPSA) is 81.1 Å². The summed E-state index contributed by atoms with van der Waals surface area (Å²) in [6.45, 7) is 19.2. The average molecular weight is 376 g/mol. The van der Waals surface area contributed by atoms with Crippen molar-refractivity contribution in [2.24, 2.45) is 5.73 Å². The molecule has 0 atom stereocenters. The van der Waals surface area contributed by atoms with Crippen molar-refractivity contribution in [3.05, 3.63) is 72.6 Å². The van der Waals surface area contributed by atoms with Crippen LogP contribution in [0.5, 0.6) is 0 Å². The second kappa shape index (κ2) is 15.4. The zero-order chi connectivity index (χ0) is 21.4. The maximum atomic E-state index is 11.9. The first kappa shape index (κ1) is 26.3. The number of nitrogen functional groups attached to an aromatic ring is 1. The molecule has 0 amide bonds. The summed E-state index contributed by atoms with van der Waals surface area (Å²) < 4.78 is 11.9. The first-order chi connectivity index (χ1) is 12.8. The number of hydrogen-bond donors (Lipinski definition) is 2. The Morgan fingerprint density at radius 3 is 2.26 bits per heavy atom. The van der Waals surface area contributed by atoms with Crippen LogP contribution in [0.25, 0.3) is 5.70 Å². The van der Waals surface area contributed by atoms with Crippen molar-refractivity contribution in [3.8, 4) is 0 Å². The molecule has 1 aromatic heterocycles. The van der Waals surface area contributed by atoms with Gasteiger partial charge in [0.25, 0.3) is 0 Å². The van der Waals surface area contributed by atoms with Crippen molar-refractivity contribution in [1.82, 2.24) is 14.9 Å². The number of hydrogen-bond acceptors (Lipinski definition) is 5. The van der Waals surface area contributed by atoms with Crippen LogP contribution in [0.1, 0.15) is 47.2 Å². The van der Waals surface area contributed by atoms with Crippen molar-refractivity contribution >= 4 is 11.6 Å². The van der Waals surface area contributed by atoms with Crippen LogP contribution in [0.4, 0.5) is 10.3 Å². The third kappa shape index (κ3) is 11.4. The summed E-state index contributed by atoms with van der Waals surface area (Å²) in [6, 6.07) is 1.77. The Bertz CT molecular complexity index is 671. The fraction of sp³-hybridized carbons (Fsp3) is 0.333. The summed E-state index contributed by atoms with van der Waals surface area (Å²) in [5.41, 5.74) is 14.6. The molecule has 0 bridgehead atoms. The Kier molecular flexibility index (Phi) is 15.0. The van der Waals surface area contributed by atoms with Gasteiger partial charge in [-0.2, -0.15) is 0 Å². The van der Waals surface area contributed by atoms with Crippen LogP contribution < -0.4 is 11.5 Å². The summed E-state index contributed by atoms with van der Waals surface area (Å²) in [4.78, 5) is 9.92. The van der Waals surface area contributed by atoms with Gasteiger partial charge in [-0.3, -0.25) is 0 Å². The van der Waals surface area contributed by atoms with Gasteiger partial charge < -0.3 is 16.4 Å². The molecule has 0 aromatic carbocycles. The number of anilines is 1. The average Bonchev–Trinajstić information content (AvgIpc) is 2.65. The minimum Gasteiger partial charge on any atom is -0.401 e. The normalized spacial score (nSPS) is 11.4. The number of nitrogens with zero attached hydrogens (tertiary/aromatic N) is 3. The zero-order valence-electron chi connectivity index (χ0n) is 17.5. The quantitative estimate of drug-likeness (QED) is 0.669. The van der Waals surface area contributed by atoms with Crippen LogP contribution in [0.15, 0.2) is 66.9 Å². The van der Waals surface area contributed by atoms with Gasteiger partial charge in [0, 0.05) is 18.4 Å². The molecular weight excluding hydrogens is 341 g/mol. The van der Waals surface area contributed by atoms with Crippen LogP contribution in [0.3, 0.4) is 0 Å². The van der Waals surface area contributed by atoms with Gasteiger partial charge in [-0.05, 0) is 46.0 Å². The zero-order valence-corrected chi connectivity index (χ0v) is 17.5. The van der Waals surface area contributed by atoms with Crippen LogP contribution in [0, 0.1) is 0 Å². The van der Waals surface area contributed by atoms with Gasteiger partial charge in [0.2, 0.25) is 5.95 Å². The molecule has 6 heteroatoms. The highest BCUT2D eigenvalue weighted by molar-refractivity contribution is 5.64. The second-order valence-electron chi connectivity index (χ2n) is 5.11. The summed E-state index contributed by atoms with van der Waals surface area (Å²) in [7, 11) is 0. The predicted molar refractivity (Wildman–Crippen MR) is 116 cm³/mol. The van der Waals surface area contributed by atoms with E-state index in [1.165, 1.54) is 6.08 Å². The lowest BCUT2D eigenvalue weighted by atomic mass is 10.2. The summed E-state index contributed by atoms with van der Waals surface area (Å²) in [5.74, 6) is -0.174. The van der Waals surface area contributed by atoms with E-state index in [0.29, 0.717) is 11.4 Å². The van der Waals surface area contributed by atoms with Gasteiger partial charge in [-0.15, -0.1) is 0 Å². The van der Waals surface area contributed by atoms with E-state index < -0.39 is 5.83 Å². The largest absolute Gasteiger partial charge is 0.401 e. The highest BCUT2D eigenvalue weighted by Gasteiger charge is 2.11. The summed E-state index contributed by atoms with van der Waals surface area (Å²) in [5, 5.41) is 0. The van der Waals surface area contributed by atoms with Gasteiger partial charge in [0.05, 0.1) is 11.4 Å². The second-order valence-corrected chi connectivity index (χ2v) is 5.11. The van der Waals surface area contributed by atoms with Gasteiger partial charge in [-0.1, -0.05) is 44.7 Å². The number of allylic oxidation sites excluding steroid dienone is 6. The Morgan fingerprint density at radius 2 is 1.89 bits per heavy atom. The standard InChI is InChI=1S/C11H17N5.C8H11F.C2H6/c1-4-16(5-2)10(8(3)12)9-6-7-14-11(13)15-9;1-4-7(2)5-6-8(3)9;1-2/h4,6-7H,1,5,12H2,2-3H3,(H2,13,14,15);4-6H,3H2,1-2H3;1-2H3/b10-8-;6-5-,7-4-;. The molecule has 4 N–H and O–H groups in total. The molecule has 0 aliphatic carbocycles. The highest BCUT2D eigenvalue weighted by atomic mass is 19.1. The van der Waals surface area contributed by atoms with Crippen molar-refractivity contribution in [1.29, 1.82) is 0 Å². The molecule has 1 heterocycles. The van der Waals surface area contributed by atoms with E-state index in [-0.39, 0.29) is 5.95 Å². The molecule has 0 spiro atoms. The molecule has 0 radical (unpaired) electrons. The van der Waals surface area contributed by atoms with Crippen LogP contribution in [-0.2, 0) is 0 Å². The molecule has 0 saturated heterocycles. The van der Waals surface area contributed by atoms with E-state index in [9.17, 15) is 4.39 Å². The Balaban J connectivity index is 0. The molecule has 1 aromatic rings. The third-order valence-corrected chi connectivity index (χ3v) is 3.12. The number of halogens is 1. The van der Waals surface area contributed by atoms with Gasteiger partial charge >= 0.3 is 0 Å².